The minimum atomic E-state index is 0.721. The van der Waals surface area contributed by atoms with Gasteiger partial charge in [-0.3, -0.25) is 0 Å². The maximum Gasteiger partial charge on any atom is 0.0614 e. The molecule has 0 bridgehead atoms. The van der Waals surface area contributed by atoms with Gasteiger partial charge in [0, 0.05) is 6.42 Å². The van der Waals surface area contributed by atoms with Crippen LogP contribution in [0.2, 0.25) is 0 Å². The number of hydrogen-bond donors (Lipinski definition) is 1. The van der Waals surface area contributed by atoms with Gasteiger partial charge in [-0.15, -0.1) is 0 Å². The second-order valence-electron chi connectivity index (χ2n) is 7.20. The van der Waals surface area contributed by atoms with E-state index >= 15 is 0 Å². The van der Waals surface area contributed by atoms with Crippen LogP contribution in [0.4, 0.5) is 0 Å². The van der Waals surface area contributed by atoms with Crippen LogP contribution < -0.4 is 0 Å². The molecule has 132 valence electrons. The smallest absolute Gasteiger partial charge is 0.0614 e. The monoisotopic (exact) mass is 343 g/mol. The SMILES string of the molecule is CCCCCCC(Cc1ccc2c3c(cccc13)-c1ccccc1-2)=NO. The summed E-state index contributed by atoms with van der Waals surface area (Å²) >= 11 is 0. The largest absolute Gasteiger partial charge is 0.411 e. The van der Waals surface area contributed by atoms with Gasteiger partial charge in [0.25, 0.3) is 0 Å². The molecular formula is C24H25NO. The lowest BCUT2D eigenvalue weighted by Crippen LogP contribution is -2.04. The quantitative estimate of drug-likeness (QED) is 0.170. The van der Waals surface area contributed by atoms with Crippen molar-refractivity contribution in [1.29, 1.82) is 0 Å². The van der Waals surface area contributed by atoms with Crippen molar-refractivity contribution in [1.82, 2.24) is 0 Å². The summed E-state index contributed by atoms with van der Waals surface area (Å²) in [6.45, 7) is 2.21. The van der Waals surface area contributed by atoms with Crippen molar-refractivity contribution in [2.24, 2.45) is 5.16 Å². The van der Waals surface area contributed by atoms with Gasteiger partial charge in [-0.05, 0) is 51.4 Å². The van der Waals surface area contributed by atoms with Gasteiger partial charge in [-0.2, -0.15) is 0 Å². The normalized spacial score (nSPS) is 12.6. The minimum absolute atomic E-state index is 0.721. The van der Waals surface area contributed by atoms with Crippen LogP contribution in [-0.2, 0) is 6.42 Å². The van der Waals surface area contributed by atoms with E-state index in [9.17, 15) is 5.21 Å². The highest BCUT2D eigenvalue weighted by molar-refractivity contribution is 6.16. The molecule has 4 rings (SSSR count). The first-order valence-electron chi connectivity index (χ1n) is 9.67. The topological polar surface area (TPSA) is 32.6 Å². The van der Waals surface area contributed by atoms with Crippen molar-refractivity contribution >= 4 is 16.5 Å². The Morgan fingerprint density at radius 1 is 0.808 bits per heavy atom. The Bertz CT molecular complexity index is 942. The molecule has 2 heteroatoms. The predicted molar refractivity (Wildman–Crippen MR) is 110 cm³/mol. The number of rotatable bonds is 7. The molecule has 0 unspecified atom stereocenters. The first-order valence-corrected chi connectivity index (χ1v) is 9.67. The highest BCUT2D eigenvalue weighted by Gasteiger charge is 2.21. The molecule has 0 saturated carbocycles. The minimum Gasteiger partial charge on any atom is -0.411 e. The summed E-state index contributed by atoms with van der Waals surface area (Å²) < 4.78 is 0. The number of hydrogen-bond acceptors (Lipinski definition) is 2. The highest BCUT2D eigenvalue weighted by Crippen LogP contribution is 2.47. The third-order valence-corrected chi connectivity index (χ3v) is 5.49. The molecule has 0 saturated heterocycles. The molecule has 1 aliphatic carbocycles. The number of nitrogens with zero attached hydrogens (tertiary/aromatic N) is 1. The van der Waals surface area contributed by atoms with Gasteiger partial charge in [-0.1, -0.05) is 85.9 Å². The van der Waals surface area contributed by atoms with Crippen LogP contribution in [0.5, 0.6) is 0 Å². The highest BCUT2D eigenvalue weighted by atomic mass is 16.4. The van der Waals surface area contributed by atoms with E-state index in [4.69, 9.17) is 0 Å². The van der Waals surface area contributed by atoms with Crippen molar-refractivity contribution in [3.05, 3.63) is 60.2 Å². The van der Waals surface area contributed by atoms with Crippen LogP contribution in [0.3, 0.4) is 0 Å². The average molecular weight is 343 g/mol. The molecule has 0 spiro atoms. The van der Waals surface area contributed by atoms with Crippen molar-refractivity contribution in [3.8, 4) is 22.3 Å². The molecule has 0 heterocycles. The van der Waals surface area contributed by atoms with E-state index in [0.717, 1.165) is 25.0 Å². The van der Waals surface area contributed by atoms with E-state index in [2.05, 4.69) is 66.7 Å². The number of unbranched alkanes of at least 4 members (excludes halogenated alkanes) is 3. The Hall–Kier alpha value is -2.61. The fourth-order valence-corrected chi connectivity index (χ4v) is 4.17. The summed E-state index contributed by atoms with van der Waals surface area (Å²) in [5.41, 5.74) is 7.42. The van der Waals surface area contributed by atoms with Gasteiger partial charge in [0.2, 0.25) is 0 Å². The van der Waals surface area contributed by atoms with Gasteiger partial charge < -0.3 is 5.21 Å². The average Bonchev–Trinajstić information content (AvgIpc) is 3.02. The van der Waals surface area contributed by atoms with Crippen LogP contribution in [0.25, 0.3) is 33.0 Å². The number of benzene rings is 3. The van der Waals surface area contributed by atoms with Crippen molar-refractivity contribution in [2.75, 3.05) is 0 Å². The van der Waals surface area contributed by atoms with Crippen LogP contribution in [0.15, 0.2) is 59.8 Å². The van der Waals surface area contributed by atoms with E-state index in [-0.39, 0.29) is 0 Å². The summed E-state index contributed by atoms with van der Waals surface area (Å²) in [4.78, 5) is 0. The second-order valence-corrected chi connectivity index (χ2v) is 7.20. The molecule has 3 aromatic carbocycles. The zero-order chi connectivity index (χ0) is 17.9. The molecule has 1 aliphatic rings. The molecule has 1 N–H and O–H groups in total. The van der Waals surface area contributed by atoms with E-state index in [1.54, 1.807) is 0 Å². The van der Waals surface area contributed by atoms with E-state index in [0.29, 0.717) is 0 Å². The summed E-state index contributed by atoms with van der Waals surface area (Å²) in [7, 11) is 0. The lowest BCUT2D eigenvalue weighted by Gasteiger charge is -2.10. The molecule has 0 aromatic heterocycles. The Balaban J connectivity index is 1.68. The Morgan fingerprint density at radius 2 is 1.54 bits per heavy atom. The Labute approximate surface area is 155 Å². The van der Waals surface area contributed by atoms with Gasteiger partial charge in [0.1, 0.15) is 0 Å². The van der Waals surface area contributed by atoms with Crippen LogP contribution in [0.1, 0.15) is 44.6 Å². The van der Waals surface area contributed by atoms with E-state index in [1.807, 2.05) is 0 Å². The van der Waals surface area contributed by atoms with Gasteiger partial charge >= 0.3 is 0 Å². The Morgan fingerprint density at radius 3 is 2.27 bits per heavy atom. The standard InChI is InChI=1S/C24H25NO/c1-2-3-4-5-9-18(25-26)16-17-14-15-23-21-11-7-6-10-20(21)22-13-8-12-19(17)24(22)23/h6-8,10-15,26H,2-5,9,16H2,1H3. The van der Waals surface area contributed by atoms with Crippen molar-refractivity contribution < 1.29 is 5.21 Å². The maximum atomic E-state index is 9.47. The summed E-state index contributed by atoms with van der Waals surface area (Å²) in [5, 5.41) is 15.7. The van der Waals surface area contributed by atoms with Crippen LogP contribution in [0, 0.1) is 0 Å². The summed E-state index contributed by atoms with van der Waals surface area (Å²) in [6, 6.07) is 19.6. The van der Waals surface area contributed by atoms with Gasteiger partial charge in [-0.25, -0.2) is 0 Å². The van der Waals surface area contributed by atoms with Gasteiger partial charge in [0.15, 0.2) is 0 Å². The molecule has 0 aliphatic heterocycles. The molecule has 0 radical (unpaired) electrons. The van der Waals surface area contributed by atoms with Crippen molar-refractivity contribution in [3.63, 3.8) is 0 Å². The van der Waals surface area contributed by atoms with Gasteiger partial charge in [0.05, 0.1) is 5.71 Å². The first kappa shape index (κ1) is 16.8. The fraction of sp³-hybridized carbons (Fsp3) is 0.292. The Kier molecular flexibility index (Phi) is 4.75. The second kappa shape index (κ2) is 7.33. The molecule has 0 fully saturated rings. The lowest BCUT2D eigenvalue weighted by atomic mass is 9.94. The lowest BCUT2D eigenvalue weighted by molar-refractivity contribution is 0.316. The number of fused-ring (bicyclic) bond motifs is 3. The van der Waals surface area contributed by atoms with Crippen LogP contribution >= 0.6 is 0 Å². The van der Waals surface area contributed by atoms with E-state index < -0.39 is 0 Å². The van der Waals surface area contributed by atoms with Crippen LogP contribution in [-0.4, -0.2) is 10.9 Å². The molecule has 26 heavy (non-hydrogen) atoms. The maximum absolute atomic E-state index is 9.47. The van der Waals surface area contributed by atoms with Crippen molar-refractivity contribution in [2.45, 2.75) is 45.4 Å². The molecule has 0 atom stereocenters. The zero-order valence-electron chi connectivity index (χ0n) is 15.3. The van der Waals surface area contributed by atoms with E-state index in [1.165, 1.54) is 57.9 Å². The third kappa shape index (κ3) is 2.90. The summed E-state index contributed by atoms with van der Waals surface area (Å²) in [6.07, 6.45) is 6.37. The predicted octanol–water partition coefficient (Wildman–Crippen LogP) is 6.83. The number of oxime groups is 1. The molecule has 0 amide bonds. The fourth-order valence-electron chi connectivity index (χ4n) is 4.17. The molecule has 3 aromatic rings. The summed E-state index contributed by atoms with van der Waals surface area (Å²) in [5.74, 6) is 0. The third-order valence-electron chi connectivity index (χ3n) is 5.49. The molecular weight excluding hydrogens is 318 g/mol. The molecule has 2 nitrogen and oxygen atoms in total. The zero-order valence-corrected chi connectivity index (χ0v) is 15.3. The first-order chi connectivity index (χ1) is 12.8.